The summed E-state index contributed by atoms with van der Waals surface area (Å²) in [6, 6.07) is -0.286. The first kappa shape index (κ1) is 19.5. The van der Waals surface area contributed by atoms with Gasteiger partial charge in [0.1, 0.15) is 5.54 Å². The van der Waals surface area contributed by atoms with E-state index in [9.17, 15) is 23.1 Å². The molecule has 2 fully saturated rings. The summed E-state index contributed by atoms with van der Waals surface area (Å²) in [7, 11) is -1.45. The lowest BCUT2D eigenvalue weighted by Crippen LogP contribution is -2.52. The first-order valence-corrected chi connectivity index (χ1v) is 8.21. The van der Waals surface area contributed by atoms with Crippen LogP contribution in [-0.4, -0.2) is 52.5 Å². The molecule has 0 heterocycles. The smallest absolute Gasteiger partial charge is 0.451 e. The molecule has 0 aromatic heterocycles. The highest BCUT2D eigenvalue weighted by molar-refractivity contribution is 6.40. The highest BCUT2D eigenvalue weighted by atomic mass is 19.4. The average Bonchev–Trinajstić information content (AvgIpc) is 2.92. The molecule has 4 unspecified atom stereocenters. The number of rotatable bonds is 7. The van der Waals surface area contributed by atoms with Crippen molar-refractivity contribution in [3.05, 3.63) is 0 Å². The molecule has 6 N–H and O–H groups in total. The molecule has 0 spiro atoms. The van der Waals surface area contributed by atoms with Gasteiger partial charge in [0.25, 0.3) is 0 Å². The molecule has 0 aromatic rings. The van der Waals surface area contributed by atoms with E-state index in [0.29, 0.717) is 25.7 Å². The molecule has 138 valence electrons. The minimum atomic E-state index is -4.27. The van der Waals surface area contributed by atoms with Gasteiger partial charge >= 0.3 is 19.3 Å². The van der Waals surface area contributed by atoms with E-state index in [2.05, 4.69) is 5.32 Å². The van der Waals surface area contributed by atoms with Crippen molar-refractivity contribution in [1.29, 1.82) is 0 Å². The van der Waals surface area contributed by atoms with E-state index in [4.69, 9.17) is 15.8 Å². The van der Waals surface area contributed by atoms with Crippen LogP contribution in [0.25, 0.3) is 0 Å². The molecular formula is C14H24BF3N2O4. The summed E-state index contributed by atoms with van der Waals surface area (Å²) in [5.41, 5.74) is 4.73. The van der Waals surface area contributed by atoms with Crippen LogP contribution in [0.1, 0.15) is 32.1 Å². The SMILES string of the molecule is NC1(C(=O)O)CC2CC(NCC(F)(F)F)C[C@H]2C1CCCB(O)O. The molecule has 2 aliphatic rings. The molecule has 0 aliphatic heterocycles. The Morgan fingerprint density at radius 2 is 2.00 bits per heavy atom. The molecule has 0 bridgehead atoms. The first-order chi connectivity index (χ1) is 11.0. The Balaban J connectivity index is 2.00. The number of carboxylic acids is 1. The monoisotopic (exact) mass is 352 g/mol. The molecular weight excluding hydrogens is 328 g/mol. The van der Waals surface area contributed by atoms with Gasteiger partial charge in [-0.15, -0.1) is 0 Å². The highest BCUT2D eigenvalue weighted by Gasteiger charge is 2.58. The van der Waals surface area contributed by atoms with Crippen molar-refractivity contribution in [3.63, 3.8) is 0 Å². The number of alkyl halides is 3. The van der Waals surface area contributed by atoms with Crippen molar-refractivity contribution in [2.24, 2.45) is 23.5 Å². The first-order valence-electron chi connectivity index (χ1n) is 8.21. The fourth-order valence-corrected chi connectivity index (χ4v) is 4.52. The summed E-state index contributed by atoms with van der Waals surface area (Å²) in [4.78, 5) is 11.6. The number of carboxylic acid groups (broad SMARTS) is 1. The van der Waals surface area contributed by atoms with Gasteiger partial charge in [-0.05, 0) is 49.8 Å². The molecule has 0 saturated heterocycles. The van der Waals surface area contributed by atoms with Gasteiger partial charge in [0, 0.05) is 6.04 Å². The predicted molar refractivity (Wildman–Crippen MR) is 81.0 cm³/mol. The Bertz CT molecular complexity index is 466. The van der Waals surface area contributed by atoms with Crippen molar-refractivity contribution in [3.8, 4) is 0 Å². The second-order valence-corrected chi connectivity index (χ2v) is 7.16. The van der Waals surface area contributed by atoms with Gasteiger partial charge in [0.15, 0.2) is 0 Å². The van der Waals surface area contributed by atoms with Crippen LogP contribution in [0.3, 0.4) is 0 Å². The summed E-state index contributed by atoms with van der Waals surface area (Å²) in [5, 5.41) is 29.9. The fraction of sp³-hybridized carbons (Fsp3) is 0.929. The molecule has 2 saturated carbocycles. The maximum atomic E-state index is 12.3. The fourth-order valence-electron chi connectivity index (χ4n) is 4.52. The van der Waals surface area contributed by atoms with Crippen LogP contribution >= 0.6 is 0 Å². The van der Waals surface area contributed by atoms with Crippen molar-refractivity contribution in [1.82, 2.24) is 5.32 Å². The Morgan fingerprint density at radius 1 is 1.33 bits per heavy atom. The summed E-state index contributed by atoms with van der Waals surface area (Å²) < 4.78 is 37.0. The maximum absolute atomic E-state index is 12.3. The predicted octanol–water partition coefficient (Wildman–Crippen LogP) is 0.588. The summed E-state index contributed by atoms with van der Waals surface area (Å²) in [6.45, 7) is -1.05. The molecule has 0 aromatic carbocycles. The largest absolute Gasteiger partial charge is 0.480 e. The van der Waals surface area contributed by atoms with Crippen LogP contribution in [0.5, 0.6) is 0 Å². The summed E-state index contributed by atoms with van der Waals surface area (Å²) in [6.07, 6.45) is -2.09. The number of carbonyl (C=O) groups is 1. The van der Waals surface area contributed by atoms with Gasteiger partial charge < -0.3 is 26.2 Å². The Hall–Kier alpha value is -0.835. The molecule has 6 nitrogen and oxygen atoms in total. The molecule has 2 aliphatic carbocycles. The van der Waals surface area contributed by atoms with Crippen molar-refractivity contribution in [2.45, 2.75) is 56.2 Å². The van der Waals surface area contributed by atoms with Gasteiger partial charge in [0.2, 0.25) is 0 Å². The number of hydrogen-bond donors (Lipinski definition) is 5. The van der Waals surface area contributed by atoms with Crippen molar-refractivity contribution >= 4 is 13.1 Å². The zero-order valence-corrected chi connectivity index (χ0v) is 13.3. The summed E-state index contributed by atoms with van der Waals surface area (Å²) >= 11 is 0. The van der Waals surface area contributed by atoms with Gasteiger partial charge in [-0.1, -0.05) is 6.42 Å². The van der Waals surface area contributed by atoms with Crippen LogP contribution in [0.4, 0.5) is 13.2 Å². The summed E-state index contributed by atoms with van der Waals surface area (Å²) in [5.74, 6) is -1.52. The van der Waals surface area contributed by atoms with Gasteiger partial charge in [-0.3, -0.25) is 4.79 Å². The normalized spacial score (nSPS) is 35.9. The van der Waals surface area contributed by atoms with E-state index < -0.39 is 31.3 Å². The lowest BCUT2D eigenvalue weighted by atomic mass is 9.75. The third-order valence-electron chi connectivity index (χ3n) is 5.49. The van der Waals surface area contributed by atoms with E-state index >= 15 is 0 Å². The molecule has 0 radical (unpaired) electrons. The van der Waals surface area contributed by atoms with Crippen molar-refractivity contribution < 1.29 is 33.1 Å². The van der Waals surface area contributed by atoms with E-state index in [-0.39, 0.29) is 36.5 Å². The third kappa shape index (κ3) is 4.41. The van der Waals surface area contributed by atoms with Crippen LogP contribution < -0.4 is 11.1 Å². The third-order valence-corrected chi connectivity index (χ3v) is 5.49. The van der Waals surface area contributed by atoms with Crippen LogP contribution in [0.2, 0.25) is 6.32 Å². The standard InChI is InChI=1S/C14H24BF3N2O4/c16-14(17,18)7-20-9-4-8-6-13(19,12(21)22)11(10(8)5-9)2-1-3-15(23)24/h8-11,20,23-24H,1-7,19H2,(H,21,22)/t8?,9?,10-,11?,13?/m1/s1. The quantitative estimate of drug-likeness (QED) is 0.428. The van der Waals surface area contributed by atoms with E-state index in [1.54, 1.807) is 0 Å². The van der Waals surface area contributed by atoms with Crippen molar-refractivity contribution in [2.75, 3.05) is 6.54 Å². The second kappa shape index (κ2) is 7.19. The molecule has 5 atom stereocenters. The number of hydrogen-bond acceptors (Lipinski definition) is 5. The van der Waals surface area contributed by atoms with Crippen LogP contribution in [0.15, 0.2) is 0 Å². The number of nitrogens with one attached hydrogen (secondary N) is 1. The van der Waals surface area contributed by atoms with Gasteiger partial charge in [0.05, 0.1) is 6.54 Å². The molecule has 0 amide bonds. The van der Waals surface area contributed by atoms with Crippen LogP contribution in [0, 0.1) is 17.8 Å². The molecule has 10 heteroatoms. The van der Waals surface area contributed by atoms with E-state index in [1.165, 1.54) is 0 Å². The minimum absolute atomic E-state index is 0.0131. The number of nitrogens with two attached hydrogens (primary N) is 1. The lowest BCUT2D eigenvalue weighted by molar-refractivity contribution is -0.145. The van der Waals surface area contributed by atoms with E-state index in [0.717, 1.165) is 0 Å². The number of halogens is 3. The number of fused-ring (bicyclic) bond motifs is 1. The topological polar surface area (TPSA) is 116 Å². The Labute approximate surface area is 138 Å². The average molecular weight is 352 g/mol. The second-order valence-electron chi connectivity index (χ2n) is 7.16. The Morgan fingerprint density at radius 3 is 2.54 bits per heavy atom. The van der Waals surface area contributed by atoms with Gasteiger partial charge in [-0.2, -0.15) is 13.2 Å². The lowest BCUT2D eigenvalue weighted by Gasteiger charge is -2.31. The van der Waals surface area contributed by atoms with E-state index in [1.807, 2.05) is 0 Å². The zero-order valence-electron chi connectivity index (χ0n) is 13.3. The van der Waals surface area contributed by atoms with Crippen LogP contribution in [-0.2, 0) is 4.79 Å². The Kier molecular flexibility index (Phi) is 5.84. The maximum Gasteiger partial charge on any atom is 0.451 e. The molecule has 2 rings (SSSR count). The molecule has 24 heavy (non-hydrogen) atoms. The van der Waals surface area contributed by atoms with Gasteiger partial charge in [-0.25, -0.2) is 0 Å². The zero-order chi connectivity index (χ0) is 18.1. The minimum Gasteiger partial charge on any atom is -0.480 e. The number of aliphatic carboxylic acids is 1. The highest BCUT2D eigenvalue weighted by Crippen LogP contribution is 2.53.